The molecule has 4 aromatic rings. The Hall–Kier alpha value is -4.12. The summed E-state index contributed by atoms with van der Waals surface area (Å²) in [6.45, 7) is 5.21. The van der Waals surface area contributed by atoms with E-state index in [2.05, 4.69) is 22.2 Å². The van der Waals surface area contributed by atoms with Crippen molar-refractivity contribution in [2.75, 3.05) is 36.5 Å². The maximum atomic E-state index is 14.4. The van der Waals surface area contributed by atoms with E-state index >= 15 is 0 Å². The molecule has 0 radical (unpaired) electrons. The Morgan fingerprint density at radius 3 is 2.62 bits per heavy atom. The molecule has 0 unspecified atom stereocenters. The van der Waals surface area contributed by atoms with Crippen LogP contribution in [0.15, 0.2) is 53.5 Å². The van der Waals surface area contributed by atoms with Crippen LogP contribution in [0.25, 0.3) is 16.6 Å². The van der Waals surface area contributed by atoms with Gasteiger partial charge in [0.25, 0.3) is 11.5 Å². The highest BCUT2D eigenvalue weighted by Crippen LogP contribution is 2.39. The number of aromatic nitrogens is 4. The van der Waals surface area contributed by atoms with Crippen molar-refractivity contribution < 1.29 is 18.3 Å². The second kappa shape index (κ2) is 10.2. The summed E-state index contributed by atoms with van der Waals surface area (Å²) in [4.78, 5) is 28.0. The summed E-state index contributed by atoms with van der Waals surface area (Å²) in [6.07, 6.45) is 4.81. The molecule has 39 heavy (non-hydrogen) atoms. The Balaban J connectivity index is 1.38. The van der Waals surface area contributed by atoms with E-state index < -0.39 is 28.8 Å². The van der Waals surface area contributed by atoms with Crippen LogP contribution in [-0.2, 0) is 4.74 Å². The van der Waals surface area contributed by atoms with E-state index in [1.165, 1.54) is 12.1 Å². The first kappa shape index (κ1) is 25.2. The molecule has 9 nitrogen and oxygen atoms in total. The Bertz CT molecular complexity index is 1590. The first-order chi connectivity index (χ1) is 18.9. The monoisotopic (exact) mass is 534 g/mol. The molecule has 4 heterocycles. The van der Waals surface area contributed by atoms with Gasteiger partial charge >= 0.3 is 0 Å². The van der Waals surface area contributed by atoms with Crippen LogP contribution in [0.5, 0.6) is 0 Å². The zero-order valence-corrected chi connectivity index (χ0v) is 21.4. The lowest BCUT2D eigenvalue weighted by Crippen LogP contribution is -2.27. The maximum Gasteiger partial charge on any atom is 0.276 e. The predicted octanol–water partition coefficient (Wildman–Crippen LogP) is 4.31. The number of nitrogens with zero attached hydrogens (tertiary/aromatic N) is 5. The minimum absolute atomic E-state index is 0.145. The molecule has 2 aliphatic heterocycles. The first-order valence-electron chi connectivity index (χ1n) is 13.1. The molecular weight excluding hydrogens is 506 g/mol. The first-order valence-corrected chi connectivity index (χ1v) is 13.1. The van der Waals surface area contributed by atoms with Gasteiger partial charge in [0.05, 0.1) is 35.7 Å². The zero-order chi connectivity index (χ0) is 27.1. The molecule has 2 fully saturated rings. The SMILES string of the molecule is C[C@H]1CCN(c2c(NC(=O)c3ccc(=O)n(-c4c(F)cccc4F)n3)ccc3c2cnn3[C@H]2CCCOC2)C1. The van der Waals surface area contributed by atoms with Crippen LogP contribution in [0, 0.1) is 17.6 Å². The Kier molecular flexibility index (Phi) is 6.59. The largest absolute Gasteiger partial charge is 0.379 e. The van der Waals surface area contributed by atoms with Gasteiger partial charge < -0.3 is 15.0 Å². The minimum Gasteiger partial charge on any atom is -0.379 e. The number of fused-ring (bicyclic) bond motifs is 1. The van der Waals surface area contributed by atoms with Gasteiger partial charge in [-0.2, -0.15) is 14.9 Å². The van der Waals surface area contributed by atoms with E-state index in [4.69, 9.17) is 9.84 Å². The van der Waals surface area contributed by atoms with E-state index in [-0.39, 0.29) is 11.7 Å². The normalized spacial score (nSPS) is 19.5. The van der Waals surface area contributed by atoms with Crippen molar-refractivity contribution in [1.82, 2.24) is 19.6 Å². The summed E-state index contributed by atoms with van der Waals surface area (Å²) in [5.41, 5.74) is 0.833. The van der Waals surface area contributed by atoms with Crippen LogP contribution in [0.4, 0.5) is 20.2 Å². The van der Waals surface area contributed by atoms with Crippen molar-refractivity contribution in [3.05, 3.63) is 76.3 Å². The molecule has 2 atom stereocenters. The number of nitrogens with one attached hydrogen (secondary N) is 1. The van der Waals surface area contributed by atoms with Gasteiger partial charge in [-0.1, -0.05) is 13.0 Å². The van der Waals surface area contributed by atoms with Crippen LogP contribution < -0.4 is 15.8 Å². The highest BCUT2D eigenvalue weighted by atomic mass is 19.1. The van der Waals surface area contributed by atoms with Crippen molar-refractivity contribution >= 4 is 28.2 Å². The van der Waals surface area contributed by atoms with Crippen LogP contribution in [0.3, 0.4) is 0 Å². The number of hydrogen-bond donors (Lipinski definition) is 1. The number of carbonyl (C=O) groups excluding carboxylic acids is 1. The highest BCUT2D eigenvalue weighted by Gasteiger charge is 2.27. The topological polar surface area (TPSA) is 94.3 Å². The number of halogens is 2. The third-order valence-electron chi connectivity index (χ3n) is 7.40. The van der Waals surface area contributed by atoms with Crippen LogP contribution in [0.1, 0.15) is 42.7 Å². The molecule has 0 saturated carbocycles. The molecule has 2 aromatic carbocycles. The molecule has 1 amide bonds. The molecule has 1 N–H and O–H groups in total. The zero-order valence-electron chi connectivity index (χ0n) is 21.4. The van der Waals surface area contributed by atoms with Gasteiger partial charge in [-0.05, 0) is 55.5 Å². The molecule has 11 heteroatoms. The van der Waals surface area contributed by atoms with Gasteiger partial charge in [0, 0.05) is 31.1 Å². The lowest BCUT2D eigenvalue weighted by molar-refractivity contribution is 0.0565. The predicted molar refractivity (Wildman–Crippen MR) is 143 cm³/mol. The highest BCUT2D eigenvalue weighted by molar-refractivity contribution is 6.08. The Morgan fingerprint density at radius 2 is 1.90 bits per heavy atom. The number of ether oxygens (including phenoxy) is 1. The average Bonchev–Trinajstić information content (AvgIpc) is 3.56. The molecular formula is C28H28F2N6O3. The Morgan fingerprint density at radius 1 is 1.08 bits per heavy atom. The number of rotatable bonds is 5. The molecule has 2 aromatic heterocycles. The third-order valence-corrected chi connectivity index (χ3v) is 7.40. The van der Waals surface area contributed by atoms with Crippen molar-refractivity contribution in [3.63, 3.8) is 0 Å². The second-order valence-electron chi connectivity index (χ2n) is 10.2. The number of para-hydroxylation sites is 1. The van der Waals surface area contributed by atoms with Gasteiger partial charge in [-0.15, -0.1) is 0 Å². The third kappa shape index (κ3) is 4.67. The molecule has 0 spiro atoms. The van der Waals surface area contributed by atoms with Crippen molar-refractivity contribution in [3.8, 4) is 5.69 Å². The van der Waals surface area contributed by atoms with Gasteiger partial charge in [0.2, 0.25) is 0 Å². The molecule has 2 aliphatic rings. The summed E-state index contributed by atoms with van der Waals surface area (Å²) in [7, 11) is 0. The fourth-order valence-corrected chi connectivity index (χ4v) is 5.46. The van der Waals surface area contributed by atoms with Gasteiger partial charge in [-0.25, -0.2) is 8.78 Å². The summed E-state index contributed by atoms with van der Waals surface area (Å²) in [6, 6.07) is 9.46. The smallest absolute Gasteiger partial charge is 0.276 e. The maximum absolute atomic E-state index is 14.4. The van der Waals surface area contributed by atoms with Crippen molar-refractivity contribution in [1.29, 1.82) is 0 Å². The quantitative estimate of drug-likeness (QED) is 0.410. The second-order valence-corrected chi connectivity index (χ2v) is 10.2. The molecule has 6 rings (SSSR count). The van der Waals surface area contributed by atoms with E-state index in [1.54, 1.807) is 0 Å². The van der Waals surface area contributed by atoms with Gasteiger partial charge in [-0.3, -0.25) is 14.3 Å². The number of hydrogen-bond acceptors (Lipinski definition) is 6. The standard InChI is InChI=1S/C28H28F2N6O3/c1-17-11-12-34(15-17)26-19-14-31-35(18-4-3-13-39-16-18)24(19)9-7-22(26)32-28(38)23-8-10-25(37)36(33-23)27-20(29)5-2-6-21(27)30/h2,5-10,14,17-18H,3-4,11-13,15-16H2,1H3,(H,32,38)/t17-,18-/m0/s1. The van der Waals surface area contributed by atoms with Crippen molar-refractivity contribution in [2.24, 2.45) is 5.92 Å². The number of anilines is 2. The molecule has 0 aliphatic carbocycles. The summed E-state index contributed by atoms with van der Waals surface area (Å²) < 4.78 is 37.0. The van der Waals surface area contributed by atoms with E-state index in [0.29, 0.717) is 22.9 Å². The molecule has 2 saturated heterocycles. The summed E-state index contributed by atoms with van der Waals surface area (Å²) in [5, 5.41) is 12.5. The number of amides is 1. The number of benzene rings is 2. The number of carbonyl (C=O) groups is 1. The lowest BCUT2D eigenvalue weighted by Gasteiger charge is -2.25. The lowest BCUT2D eigenvalue weighted by atomic mass is 10.1. The van der Waals surface area contributed by atoms with Crippen LogP contribution in [0.2, 0.25) is 0 Å². The fraction of sp³-hybridized carbons (Fsp3) is 0.357. The average molecular weight is 535 g/mol. The van der Waals surface area contributed by atoms with E-state index in [0.717, 1.165) is 73.7 Å². The van der Waals surface area contributed by atoms with Crippen molar-refractivity contribution in [2.45, 2.75) is 32.2 Å². The van der Waals surface area contributed by atoms with Crippen LogP contribution >= 0.6 is 0 Å². The van der Waals surface area contributed by atoms with Gasteiger partial charge in [0.15, 0.2) is 11.6 Å². The molecule has 0 bridgehead atoms. The van der Waals surface area contributed by atoms with E-state index in [1.807, 2.05) is 23.0 Å². The fourth-order valence-electron chi connectivity index (χ4n) is 5.46. The Labute approximate surface area is 223 Å². The van der Waals surface area contributed by atoms with Crippen LogP contribution in [-0.4, -0.2) is 51.8 Å². The summed E-state index contributed by atoms with van der Waals surface area (Å²) >= 11 is 0. The van der Waals surface area contributed by atoms with E-state index in [9.17, 15) is 18.4 Å². The molecule has 202 valence electrons. The summed E-state index contributed by atoms with van der Waals surface area (Å²) in [5.74, 6) is -2.04. The minimum atomic E-state index is -0.960. The van der Waals surface area contributed by atoms with Gasteiger partial charge in [0.1, 0.15) is 11.4 Å².